The van der Waals surface area contributed by atoms with Crippen LogP contribution in [0.4, 0.5) is 0 Å². The van der Waals surface area contributed by atoms with E-state index in [9.17, 15) is 9.59 Å². The SMILES string of the molecule is C=CC(=O)NCC(C)COCCOCCOCC(C)CNC(=O)CC. The predicted molar refractivity (Wildman–Crippen MR) is 97.3 cm³/mol. The van der Waals surface area contributed by atoms with Gasteiger partial charge in [0.2, 0.25) is 11.8 Å². The largest absolute Gasteiger partial charge is 0.379 e. The maximum Gasteiger partial charge on any atom is 0.243 e. The first-order valence-electron chi connectivity index (χ1n) is 8.89. The van der Waals surface area contributed by atoms with E-state index in [0.717, 1.165) is 0 Å². The van der Waals surface area contributed by atoms with Crippen LogP contribution in [-0.4, -0.2) is 64.5 Å². The summed E-state index contributed by atoms with van der Waals surface area (Å²) in [4.78, 5) is 22.2. The van der Waals surface area contributed by atoms with Crippen LogP contribution in [0.15, 0.2) is 12.7 Å². The summed E-state index contributed by atoms with van der Waals surface area (Å²) in [6.07, 6.45) is 1.76. The lowest BCUT2D eigenvalue weighted by Gasteiger charge is -2.13. The van der Waals surface area contributed by atoms with Gasteiger partial charge in [0.05, 0.1) is 39.6 Å². The Morgan fingerprint density at radius 1 is 0.920 bits per heavy atom. The van der Waals surface area contributed by atoms with Crippen LogP contribution in [0.3, 0.4) is 0 Å². The third kappa shape index (κ3) is 15.8. The van der Waals surface area contributed by atoms with Gasteiger partial charge >= 0.3 is 0 Å². The van der Waals surface area contributed by atoms with Gasteiger partial charge in [-0.05, 0) is 17.9 Å². The van der Waals surface area contributed by atoms with E-state index in [1.165, 1.54) is 6.08 Å². The molecule has 7 heteroatoms. The second-order valence-electron chi connectivity index (χ2n) is 6.08. The highest BCUT2D eigenvalue weighted by Gasteiger charge is 2.05. The van der Waals surface area contributed by atoms with Crippen molar-refractivity contribution in [2.75, 3.05) is 52.7 Å². The number of rotatable bonds is 16. The topological polar surface area (TPSA) is 85.9 Å². The Labute approximate surface area is 151 Å². The van der Waals surface area contributed by atoms with Gasteiger partial charge in [-0.1, -0.05) is 27.4 Å². The molecule has 2 amide bonds. The molecule has 0 aliphatic rings. The van der Waals surface area contributed by atoms with Crippen molar-refractivity contribution in [3.05, 3.63) is 12.7 Å². The van der Waals surface area contributed by atoms with Crippen molar-refractivity contribution in [1.82, 2.24) is 10.6 Å². The Morgan fingerprint density at radius 2 is 1.40 bits per heavy atom. The fourth-order valence-corrected chi connectivity index (χ4v) is 1.78. The van der Waals surface area contributed by atoms with Crippen LogP contribution in [0.5, 0.6) is 0 Å². The van der Waals surface area contributed by atoms with Gasteiger partial charge in [-0.15, -0.1) is 0 Å². The van der Waals surface area contributed by atoms with Crippen molar-refractivity contribution in [3.8, 4) is 0 Å². The number of carbonyl (C=O) groups is 2. The molecule has 0 bridgehead atoms. The zero-order valence-corrected chi connectivity index (χ0v) is 15.8. The maximum absolute atomic E-state index is 11.1. The molecule has 25 heavy (non-hydrogen) atoms. The average molecular weight is 358 g/mol. The van der Waals surface area contributed by atoms with E-state index in [4.69, 9.17) is 14.2 Å². The summed E-state index contributed by atoms with van der Waals surface area (Å²) in [5.41, 5.74) is 0. The monoisotopic (exact) mass is 358 g/mol. The van der Waals surface area contributed by atoms with Gasteiger partial charge in [-0.3, -0.25) is 9.59 Å². The zero-order valence-electron chi connectivity index (χ0n) is 15.8. The van der Waals surface area contributed by atoms with Crippen LogP contribution < -0.4 is 10.6 Å². The molecule has 0 aromatic carbocycles. The van der Waals surface area contributed by atoms with E-state index < -0.39 is 0 Å². The summed E-state index contributed by atoms with van der Waals surface area (Å²) < 4.78 is 16.4. The summed E-state index contributed by atoms with van der Waals surface area (Å²) in [7, 11) is 0. The highest BCUT2D eigenvalue weighted by Crippen LogP contribution is 1.96. The zero-order chi connectivity index (χ0) is 18.9. The van der Waals surface area contributed by atoms with Gasteiger partial charge in [0.1, 0.15) is 0 Å². The van der Waals surface area contributed by atoms with Crippen LogP contribution >= 0.6 is 0 Å². The van der Waals surface area contributed by atoms with Crippen molar-refractivity contribution >= 4 is 11.8 Å². The highest BCUT2D eigenvalue weighted by atomic mass is 16.5. The predicted octanol–water partition coefficient (Wildman–Crippen LogP) is 1.14. The molecule has 0 aliphatic carbocycles. The molecule has 2 unspecified atom stereocenters. The van der Waals surface area contributed by atoms with Crippen molar-refractivity contribution in [1.29, 1.82) is 0 Å². The highest BCUT2D eigenvalue weighted by molar-refractivity contribution is 5.86. The molecule has 0 rings (SSSR count). The first-order chi connectivity index (χ1) is 12.0. The molecular weight excluding hydrogens is 324 g/mol. The first-order valence-corrected chi connectivity index (χ1v) is 8.89. The Kier molecular flexibility index (Phi) is 15.1. The summed E-state index contributed by atoms with van der Waals surface area (Å²) in [6, 6.07) is 0. The lowest BCUT2D eigenvalue weighted by atomic mass is 10.2. The number of carbonyl (C=O) groups excluding carboxylic acids is 2. The van der Waals surface area contributed by atoms with E-state index in [1.807, 2.05) is 20.8 Å². The molecule has 7 nitrogen and oxygen atoms in total. The fourth-order valence-electron chi connectivity index (χ4n) is 1.78. The van der Waals surface area contributed by atoms with Crippen LogP contribution in [-0.2, 0) is 23.8 Å². The number of hydrogen-bond acceptors (Lipinski definition) is 5. The smallest absolute Gasteiger partial charge is 0.243 e. The fraction of sp³-hybridized carbons (Fsp3) is 0.778. The average Bonchev–Trinajstić information content (AvgIpc) is 2.62. The molecule has 0 radical (unpaired) electrons. The standard InChI is InChI=1S/C18H34N2O5/c1-5-17(21)19-11-15(3)13-24-9-7-23-8-10-25-14-16(4)12-20-18(22)6-2/h5,15-16H,1,6-14H2,2-4H3,(H,19,21)(H,20,22). The van der Waals surface area contributed by atoms with E-state index >= 15 is 0 Å². The van der Waals surface area contributed by atoms with Crippen LogP contribution in [0.1, 0.15) is 27.2 Å². The number of nitrogens with one attached hydrogen (secondary N) is 2. The molecular formula is C18H34N2O5. The second-order valence-corrected chi connectivity index (χ2v) is 6.08. The van der Waals surface area contributed by atoms with Gasteiger partial charge in [0.15, 0.2) is 0 Å². The van der Waals surface area contributed by atoms with Gasteiger partial charge < -0.3 is 24.8 Å². The van der Waals surface area contributed by atoms with Crippen molar-refractivity contribution in [2.24, 2.45) is 11.8 Å². The van der Waals surface area contributed by atoms with E-state index in [0.29, 0.717) is 59.2 Å². The molecule has 0 saturated heterocycles. The number of ether oxygens (including phenoxy) is 3. The minimum atomic E-state index is -0.169. The van der Waals surface area contributed by atoms with Gasteiger partial charge in [0, 0.05) is 19.5 Å². The van der Waals surface area contributed by atoms with Crippen molar-refractivity contribution in [2.45, 2.75) is 27.2 Å². The lowest BCUT2D eigenvalue weighted by molar-refractivity contribution is -0.121. The quantitative estimate of drug-likeness (QED) is 0.319. The number of hydrogen-bond donors (Lipinski definition) is 2. The maximum atomic E-state index is 11.1. The van der Waals surface area contributed by atoms with Crippen LogP contribution in [0.2, 0.25) is 0 Å². The molecule has 0 saturated carbocycles. The third-order valence-electron chi connectivity index (χ3n) is 3.33. The molecule has 0 aromatic rings. The summed E-state index contributed by atoms with van der Waals surface area (Å²) in [5, 5.41) is 5.57. The third-order valence-corrected chi connectivity index (χ3v) is 3.33. The molecule has 2 N–H and O–H groups in total. The molecule has 0 spiro atoms. The van der Waals surface area contributed by atoms with Crippen LogP contribution in [0.25, 0.3) is 0 Å². The van der Waals surface area contributed by atoms with Gasteiger partial charge in [-0.2, -0.15) is 0 Å². The number of amides is 2. The first kappa shape index (κ1) is 23.6. The van der Waals surface area contributed by atoms with Crippen LogP contribution in [0, 0.1) is 11.8 Å². The molecule has 0 aromatic heterocycles. The molecule has 2 atom stereocenters. The minimum Gasteiger partial charge on any atom is -0.379 e. The Balaban J connectivity index is 3.34. The van der Waals surface area contributed by atoms with E-state index in [2.05, 4.69) is 17.2 Å². The van der Waals surface area contributed by atoms with E-state index in [-0.39, 0.29) is 23.7 Å². The molecule has 0 fully saturated rings. The Bertz CT molecular complexity index is 376. The molecule has 146 valence electrons. The molecule has 0 heterocycles. The Hall–Kier alpha value is -1.44. The summed E-state index contributed by atoms with van der Waals surface area (Å²) in [5.74, 6) is 0.411. The molecule has 0 aliphatic heterocycles. The van der Waals surface area contributed by atoms with Crippen molar-refractivity contribution in [3.63, 3.8) is 0 Å². The summed E-state index contributed by atoms with van der Waals surface area (Å²) in [6.45, 7) is 13.7. The van der Waals surface area contributed by atoms with E-state index in [1.54, 1.807) is 0 Å². The lowest BCUT2D eigenvalue weighted by Crippen LogP contribution is -2.29. The van der Waals surface area contributed by atoms with Gasteiger partial charge in [0.25, 0.3) is 0 Å². The van der Waals surface area contributed by atoms with Gasteiger partial charge in [-0.25, -0.2) is 0 Å². The second kappa shape index (κ2) is 16.1. The van der Waals surface area contributed by atoms with Crippen molar-refractivity contribution < 1.29 is 23.8 Å². The minimum absolute atomic E-state index is 0.0626. The Morgan fingerprint density at radius 3 is 1.88 bits per heavy atom. The summed E-state index contributed by atoms with van der Waals surface area (Å²) >= 11 is 0. The normalized spacial score (nSPS) is 13.1.